The second-order valence-corrected chi connectivity index (χ2v) is 5.20. The molecule has 1 aromatic carbocycles. The Balaban J connectivity index is 1.83. The first-order valence-electron chi connectivity index (χ1n) is 7.42. The van der Waals surface area contributed by atoms with E-state index in [1.165, 1.54) is 5.56 Å². The van der Waals surface area contributed by atoms with Gasteiger partial charge in [0.25, 0.3) is 0 Å². The van der Waals surface area contributed by atoms with Gasteiger partial charge in [-0.25, -0.2) is 0 Å². The van der Waals surface area contributed by atoms with Crippen molar-refractivity contribution in [3.63, 3.8) is 0 Å². The van der Waals surface area contributed by atoms with E-state index >= 15 is 0 Å². The number of likely N-dealkylation sites (N-methyl/N-ethyl adjacent to an activating group) is 1. The zero-order valence-corrected chi connectivity index (χ0v) is 12.2. The van der Waals surface area contributed by atoms with Crippen LogP contribution in [0.25, 0.3) is 0 Å². The van der Waals surface area contributed by atoms with Gasteiger partial charge in [0.05, 0.1) is 12.7 Å². The number of hydrogen-bond donors (Lipinski definition) is 0. The standard InChI is InChI=1S/C16H26N2O/c1-3-17(4-2)13-16-14-18(10-11-19-16)12-15-8-6-5-7-9-15/h5-9,16H,3-4,10-14H2,1-2H3/t16-/m1/s1. The molecular weight excluding hydrogens is 236 g/mol. The Bertz CT molecular complexity index is 351. The number of rotatable bonds is 6. The van der Waals surface area contributed by atoms with Crippen molar-refractivity contribution >= 4 is 0 Å². The van der Waals surface area contributed by atoms with Crippen LogP contribution in [-0.2, 0) is 11.3 Å². The average molecular weight is 262 g/mol. The summed E-state index contributed by atoms with van der Waals surface area (Å²) in [5.74, 6) is 0. The molecule has 0 aliphatic carbocycles. The van der Waals surface area contributed by atoms with E-state index in [9.17, 15) is 0 Å². The highest BCUT2D eigenvalue weighted by molar-refractivity contribution is 5.14. The van der Waals surface area contributed by atoms with E-state index in [4.69, 9.17) is 4.74 Å². The Morgan fingerprint density at radius 1 is 1.21 bits per heavy atom. The molecule has 1 aliphatic heterocycles. The van der Waals surface area contributed by atoms with Gasteiger partial charge in [0.15, 0.2) is 0 Å². The smallest absolute Gasteiger partial charge is 0.0829 e. The molecule has 0 N–H and O–H groups in total. The van der Waals surface area contributed by atoms with Crippen molar-refractivity contribution in [2.45, 2.75) is 26.5 Å². The molecule has 0 unspecified atom stereocenters. The first kappa shape index (κ1) is 14.5. The molecule has 0 spiro atoms. The molecule has 1 heterocycles. The van der Waals surface area contributed by atoms with Gasteiger partial charge in [-0.3, -0.25) is 4.90 Å². The van der Waals surface area contributed by atoms with Crippen molar-refractivity contribution in [3.8, 4) is 0 Å². The highest BCUT2D eigenvalue weighted by atomic mass is 16.5. The molecule has 3 nitrogen and oxygen atoms in total. The van der Waals surface area contributed by atoms with Crippen LogP contribution < -0.4 is 0 Å². The Hall–Kier alpha value is -0.900. The van der Waals surface area contributed by atoms with E-state index < -0.39 is 0 Å². The van der Waals surface area contributed by atoms with Crippen molar-refractivity contribution in [1.29, 1.82) is 0 Å². The SMILES string of the molecule is CCN(CC)C[C@@H]1CN(Cc2ccccc2)CCO1. The van der Waals surface area contributed by atoms with Crippen LogP contribution in [0.1, 0.15) is 19.4 Å². The predicted molar refractivity (Wildman–Crippen MR) is 79.2 cm³/mol. The largest absolute Gasteiger partial charge is 0.374 e. The molecule has 19 heavy (non-hydrogen) atoms. The highest BCUT2D eigenvalue weighted by Gasteiger charge is 2.21. The minimum atomic E-state index is 0.359. The van der Waals surface area contributed by atoms with E-state index in [1.54, 1.807) is 0 Å². The lowest BCUT2D eigenvalue weighted by Crippen LogP contribution is -2.47. The first-order valence-corrected chi connectivity index (χ1v) is 7.42. The van der Waals surface area contributed by atoms with E-state index in [-0.39, 0.29) is 0 Å². The van der Waals surface area contributed by atoms with E-state index in [0.29, 0.717) is 6.10 Å². The number of ether oxygens (including phenoxy) is 1. The fourth-order valence-electron chi connectivity index (χ4n) is 2.65. The summed E-state index contributed by atoms with van der Waals surface area (Å²) in [5.41, 5.74) is 1.39. The van der Waals surface area contributed by atoms with Crippen LogP contribution in [0.15, 0.2) is 30.3 Å². The highest BCUT2D eigenvalue weighted by Crippen LogP contribution is 2.11. The van der Waals surface area contributed by atoms with Crippen LogP contribution in [0, 0.1) is 0 Å². The van der Waals surface area contributed by atoms with Gasteiger partial charge in [-0.15, -0.1) is 0 Å². The molecule has 0 radical (unpaired) electrons. The van der Waals surface area contributed by atoms with Crippen molar-refractivity contribution in [2.75, 3.05) is 39.3 Å². The minimum absolute atomic E-state index is 0.359. The summed E-state index contributed by atoms with van der Waals surface area (Å²) < 4.78 is 5.90. The van der Waals surface area contributed by atoms with E-state index in [0.717, 1.165) is 45.9 Å². The maximum atomic E-state index is 5.90. The van der Waals surface area contributed by atoms with Crippen molar-refractivity contribution in [3.05, 3.63) is 35.9 Å². The number of hydrogen-bond acceptors (Lipinski definition) is 3. The molecule has 0 amide bonds. The normalized spacial score (nSPS) is 20.9. The quantitative estimate of drug-likeness (QED) is 0.782. The second-order valence-electron chi connectivity index (χ2n) is 5.20. The zero-order valence-electron chi connectivity index (χ0n) is 12.2. The Morgan fingerprint density at radius 2 is 1.95 bits per heavy atom. The molecule has 106 valence electrons. The molecule has 3 heteroatoms. The summed E-state index contributed by atoms with van der Waals surface area (Å²) in [4.78, 5) is 4.95. The maximum absolute atomic E-state index is 5.90. The van der Waals surface area contributed by atoms with Crippen LogP contribution in [0.5, 0.6) is 0 Å². The fourth-order valence-corrected chi connectivity index (χ4v) is 2.65. The molecular formula is C16H26N2O. The van der Waals surface area contributed by atoms with Crippen LogP contribution in [0.3, 0.4) is 0 Å². The summed E-state index contributed by atoms with van der Waals surface area (Å²) in [7, 11) is 0. The van der Waals surface area contributed by atoms with E-state index in [2.05, 4.69) is 54.0 Å². The topological polar surface area (TPSA) is 15.7 Å². The fraction of sp³-hybridized carbons (Fsp3) is 0.625. The van der Waals surface area contributed by atoms with Gasteiger partial charge in [-0.2, -0.15) is 0 Å². The lowest BCUT2D eigenvalue weighted by Gasteiger charge is -2.35. The van der Waals surface area contributed by atoms with Crippen LogP contribution in [0.2, 0.25) is 0 Å². The third-order valence-electron chi connectivity index (χ3n) is 3.83. The summed E-state index contributed by atoms with van der Waals surface area (Å²) in [5, 5.41) is 0. The van der Waals surface area contributed by atoms with Crippen molar-refractivity contribution in [2.24, 2.45) is 0 Å². The van der Waals surface area contributed by atoms with Gasteiger partial charge < -0.3 is 9.64 Å². The Labute approximate surface area is 117 Å². The molecule has 1 saturated heterocycles. The number of morpholine rings is 1. The molecule has 1 aromatic rings. The number of benzene rings is 1. The summed E-state index contributed by atoms with van der Waals surface area (Å²) in [6.07, 6.45) is 0.359. The summed E-state index contributed by atoms with van der Waals surface area (Å²) in [6, 6.07) is 10.7. The summed E-state index contributed by atoms with van der Waals surface area (Å²) >= 11 is 0. The van der Waals surface area contributed by atoms with Crippen LogP contribution >= 0.6 is 0 Å². The maximum Gasteiger partial charge on any atom is 0.0829 e. The molecule has 1 atom stereocenters. The monoisotopic (exact) mass is 262 g/mol. The summed E-state index contributed by atoms with van der Waals surface area (Å²) in [6.45, 7) is 11.7. The van der Waals surface area contributed by atoms with Gasteiger partial charge in [0, 0.05) is 26.2 Å². The first-order chi connectivity index (χ1) is 9.31. The van der Waals surface area contributed by atoms with Crippen LogP contribution in [-0.4, -0.2) is 55.2 Å². The molecule has 1 fully saturated rings. The van der Waals surface area contributed by atoms with Crippen molar-refractivity contribution < 1.29 is 4.74 Å². The molecule has 1 aliphatic rings. The minimum Gasteiger partial charge on any atom is -0.374 e. The van der Waals surface area contributed by atoms with Gasteiger partial charge in [-0.1, -0.05) is 44.2 Å². The number of nitrogens with zero attached hydrogens (tertiary/aromatic N) is 2. The van der Waals surface area contributed by atoms with Gasteiger partial charge in [0.1, 0.15) is 0 Å². The van der Waals surface area contributed by atoms with Crippen LogP contribution in [0.4, 0.5) is 0 Å². The Morgan fingerprint density at radius 3 is 2.63 bits per heavy atom. The van der Waals surface area contributed by atoms with Crippen molar-refractivity contribution in [1.82, 2.24) is 9.80 Å². The molecule has 0 bridgehead atoms. The van der Waals surface area contributed by atoms with Gasteiger partial charge in [-0.05, 0) is 18.7 Å². The van der Waals surface area contributed by atoms with E-state index in [1.807, 2.05) is 0 Å². The zero-order chi connectivity index (χ0) is 13.5. The Kier molecular flexibility index (Phi) is 5.83. The lowest BCUT2D eigenvalue weighted by atomic mass is 10.2. The lowest BCUT2D eigenvalue weighted by molar-refractivity contribution is -0.0448. The molecule has 2 rings (SSSR count). The predicted octanol–water partition coefficient (Wildman–Crippen LogP) is 2.23. The average Bonchev–Trinajstić information content (AvgIpc) is 2.46. The second kappa shape index (κ2) is 7.63. The van der Waals surface area contributed by atoms with Gasteiger partial charge >= 0.3 is 0 Å². The molecule has 0 aromatic heterocycles. The third kappa shape index (κ3) is 4.60. The van der Waals surface area contributed by atoms with Gasteiger partial charge in [0.2, 0.25) is 0 Å². The third-order valence-corrected chi connectivity index (χ3v) is 3.83. The molecule has 0 saturated carbocycles.